The standard InChI is InChI=1S/C24H26N8OS/c1-2-20(32-15-19(14-29-32)23-22-7-8-26-24(22)28-17-27-23)16-30-9-11-31(12-10-30)34(33)21-5-3-18(13-25)4-6-21/h3-8,14-15,17,20H,2,9-12,16H2,1H3,(H,26,27,28). The highest BCUT2D eigenvalue weighted by atomic mass is 32.2. The average Bonchev–Trinajstić information content (AvgIpc) is 3.57. The van der Waals surface area contributed by atoms with E-state index in [-0.39, 0.29) is 6.04 Å². The Hall–Kier alpha value is -3.39. The van der Waals surface area contributed by atoms with Crippen LogP contribution in [0.15, 0.2) is 60.1 Å². The first-order valence-electron chi connectivity index (χ1n) is 11.4. The third-order valence-corrected chi connectivity index (χ3v) is 7.80. The summed E-state index contributed by atoms with van der Waals surface area (Å²) < 4.78 is 17.0. The molecule has 1 aliphatic rings. The summed E-state index contributed by atoms with van der Waals surface area (Å²) in [5.74, 6) is 0. The van der Waals surface area contributed by atoms with Crippen molar-refractivity contribution in [3.63, 3.8) is 0 Å². The van der Waals surface area contributed by atoms with Crippen LogP contribution in [0.1, 0.15) is 24.9 Å². The molecule has 174 valence electrons. The van der Waals surface area contributed by atoms with Crippen LogP contribution in [0, 0.1) is 11.3 Å². The zero-order chi connectivity index (χ0) is 23.5. The normalized spacial score (nSPS) is 16.9. The number of H-pyrrole nitrogens is 1. The molecule has 5 rings (SSSR count). The summed E-state index contributed by atoms with van der Waals surface area (Å²) >= 11 is 0. The SMILES string of the molecule is CCC(CN1CCN(S(=O)c2ccc(C#N)cc2)CC1)n1cc(-c2ncnc3[nH]ccc23)cn1. The van der Waals surface area contributed by atoms with Crippen molar-refractivity contribution in [3.8, 4) is 17.3 Å². The number of nitriles is 1. The highest BCUT2D eigenvalue weighted by Gasteiger charge is 2.24. The summed E-state index contributed by atoms with van der Waals surface area (Å²) in [6, 6.07) is 11.3. The molecule has 3 aromatic heterocycles. The quantitative estimate of drug-likeness (QED) is 0.441. The highest BCUT2D eigenvalue weighted by Crippen LogP contribution is 2.26. The molecule has 0 bridgehead atoms. The second-order valence-corrected chi connectivity index (χ2v) is 9.83. The van der Waals surface area contributed by atoms with Gasteiger partial charge in [0.05, 0.1) is 34.5 Å². The molecule has 1 fully saturated rings. The third-order valence-electron chi connectivity index (χ3n) is 6.29. The van der Waals surface area contributed by atoms with E-state index < -0.39 is 11.0 Å². The maximum Gasteiger partial charge on any atom is 0.141 e. The fourth-order valence-electron chi connectivity index (χ4n) is 4.33. The average molecular weight is 475 g/mol. The Morgan fingerprint density at radius 1 is 1.15 bits per heavy atom. The maximum absolute atomic E-state index is 12.9. The predicted octanol–water partition coefficient (Wildman–Crippen LogP) is 2.98. The number of aromatic nitrogens is 5. The van der Waals surface area contributed by atoms with E-state index in [2.05, 4.69) is 44.1 Å². The van der Waals surface area contributed by atoms with Gasteiger partial charge in [0.2, 0.25) is 0 Å². The van der Waals surface area contributed by atoms with Gasteiger partial charge in [-0.3, -0.25) is 9.58 Å². The fourth-order valence-corrected chi connectivity index (χ4v) is 5.50. The van der Waals surface area contributed by atoms with Gasteiger partial charge in [-0.15, -0.1) is 0 Å². The largest absolute Gasteiger partial charge is 0.346 e. The molecule has 0 aliphatic carbocycles. The molecule has 2 unspecified atom stereocenters. The Labute approximate surface area is 200 Å². The minimum atomic E-state index is -1.21. The van der Waals surface area contributed by atoms with E-state index in [1.54, 1.807) is 30.6 Å². The van der Waals surface area contributed by atoms with E-state index in [1.807, 2.05) is 27.4 Å². The number of hydrogen-bond acceptors (Lipinski definition) is 6. The van der Waals surface area contributed by atoms with Crippen LogP contribution in [0.5, 0.6) is 0 Å². The van der Waals surface area contributed by atoms with E-state index >= 15 is 0 Å². The lowest BCUT2D eigenvalue weighted by Crippen LogP contribution is -2.48. The van der Waals surface area contributed by atoms with Crippen molar-refractivity contribution in [1.82, 2.24) is 33.9 Å². The van der Waals surface area contributed by atoms with Crippen molar-refractivity contribution in [2.24, 2.45) is 0 Å². The zero-order valence-corrected chi connectivity index (χ0v) is 19.8. The second-order valence-electron chi connectivity index (χ2n) is 8.35. The predicted molar refractivity (Wildman–Crippen MR) is 130 cm³/mol. The van der Waals surface area contributed by atoms with Gasteiger partial charge in [-0.1, -0.05) is 6.92 Å². The number of nitrogens with one attached hydrogen (secondary N) is 1. The fraction of sp³-hybridized carbons (Fsp3) is 0.333. The van der Waals surface area contributed by atoms with Gasteiger partial charge in [0.15, 0.2) is 0 Å². The topological polar surface area (TPSA) is 107 Å². The van der Waals surface area contributed by atoms with Crippen LogP contribution in [0.4, 0.5) is 0 Å². The van der Waals surface area contributed by atoms with Crippen LogP contribution in [0.25, 0.3) is 22.3 Å². The van der Waals surface area contributed by atoms with E-state index in [0.717, 1.165) is 66.3 Å². The van der Waals surface area contributed by atoms with Gasteiger partial charge in [0.1, 0.15) is 23.0 Å². The summed E-state index contributed by atoms with van der Waals surface area (Å²) in [5.41, 5.74) is 3.26. The molecular weight excluding hydrogens is 448 g/mol. The summed E-state index contributed by atoms with van der Waals surface area (Å²) in [4.78, 5) is 15.0. The smallest absolute Gasteiger partial charge is 0.141 e. The summed E-state index contributed by atoms with van der Waals surface area (Å²) in [6.45, 7) is 6.24. The number of fused-ring (bicyclic) bond motifs is 1. The minimum Gasteiger partial charge on any atom is -0.346 e. The maximum atomic E-state index is 12.9. The molecule has 1 aromatic carbocycles. The molecule has 2 atom stereocenters. The zero-order valence-electron chi connectivity index (χ0n) is 19.0. The Balaban J connectivity index is 1.21. The number of benzene rings is 1. The molecule has 34 heavy (non-hydrogen) atoms. The molecule has 0 amide bonds. The minimum absolute atomic E-state index is 0.243. The summed E-state index contributed by atoms with van der Waals surface area (Å²) in [7, 11) is -1.21. The Morgan fingerprint density at radius 3 is 2.68 bits per heavy atom. The third kappa shape index (κ3) is 4.50. The lowest BCUT2D eigenvalue weighted by Gasteiger charge is -2.35. The Morgan fingerprint density at radius 2 is 1.94 bits per heavy atom. The van der Waals surface area contributed by atoms with E-state index in [9.17, 15) is 4.21 Å². The molecule has 9 nitrogen and oxygen atoms in total. The molecule has 4 aromatic rings. The molecule has 0 radical (unpaired) electrons. The van der Waals surface area contributed by atoms with E-state index in [4.69, 9.17) is 5.26 Å². The van der Waals surface area contributed by atoms with Gasteiger partial charge >= 0.3 is 0 Å². The molecular formula is C24H26N8OS. The number of hydrogen-bond donors (Lipinski definition) is 1. The number of rotatable bonds is 7. The molecule has 0 saturated carbocycles. The Bertz CT molecular complexity index is 1330. The lowest BCUT2D eigenvalue weighted by molar-refractivity contribution is 0.163. The molecule has 1 aliphatic heterocycles. The first-order chi connectivity index (χ1) is 16.7. The molecule has 1 N–H and O–H groups in total. The first-order valence-corrected chi connectivity index (χ1v) is 12.5. The molecule has 0 spiro atoms. The summed E-state index contributed by atoms with van der Waals surface area (Å²) in [5, 5.41) is 14.6. The Kier molecular flexibility index (Phi) is 6.49. The van der Waals surface area contributed by atoms with E-state index in [1.165, 1.54) is 0 Å². The van der Waals surface area contributed by atoms with Crippen molar-refractivity contribution in [3.05, 3.63) is 60.8 Å². The second kappa shape index (κ2) is 9.85. The molecule has 1 saturated heterocycles. The van der Waals surface area contributed by atoms with Crippen LogP contribution in [0.3, 0.4) is 0 Å². The first kappa shape index (κ1) is 22.4. The molecule has 4 heterocycles. The van der Waals surface area contributed by atoms with Crippen molar-refractivity contribution in [2.75, 3.05) is 32.7 Å². The van der Waals surface area contributed by atoms with Gasteiger partial charge in [-0.25, -0.2) is 18.5 Å². The van der Waals surface area contributed by atoms with Gasteiger partial charge in [0, 0.05) is 56.1 Å². The van der Waals surface area contributed by atoms with Gasteiger partial charge in [-0.2, -0.15) is 10.4 Å². The lowest BCUT2D eigenvalue weighted by atomic mass is 10.1. The highest BCUT2D eigenvalue weighted by molar-refractivity contribution is 7.82. The van der Waals surface area contributed by atoms with Crippen LogP contribution >= 0.6 is 0 Å². The van der Waals surface area contributed by atoms with Crippen molar-refractivity contribution in [1.29, 1.82) is 5.26 Å². The number of piperazine rings is 1. The van der Waals surface area contributed by atoms with Crippen molar-refractivity contribution in [2.45, 2.75) is 24.3 Å². The van der Waals surface area contributed by atoms with E-state index in [0.29, 0.717) is 5.56 Å². The monoisotopic (exact) mass is 474 g/mol. The van der Waals surface area contributed by atoms with Crippen molar-refractivity contribution < 1.29 is 4.21 Å². The summed E-state index contributed by atoms with van der Waals surface area (Å²) in [6.07, 6.45) is 8.34. The number of aromatic amines is 1. The van der Waals surface area contributed by atoms with Crippen LogP contribution in [-0.2, 0) is 11.0 Å². The molecule has 10 heteroatoms. The van der Waals surface area contributed by atoms with Crippen LogP contribution in [-0.4, -0.2) is 70.9 Å². The van der Waals surface area contributed by atoms with Crippen molar-refractivity contribution >= 4 is 22.0 Å². The van der Waals surface area contributed by atoms with Gasteiger partial charge in [-0.05, 0) is 36.8 Å². The van der Waals surface area contributed by atoms with Crippen LogP contribution in [0.2, 0.25) is 0 Å². The van der Waals surface area contributed by atoms with Gasteiger partial charge in [0.25, 0.3) is 0 Å². The number of nitrogens with zero attached hydrogens (tertiary/aromatic N) is 7. The van der Waals surface area contributed by atoms with Gasteiger partial charge < -0.3 is 4.98 Å². The van der Waals surface area contributed by atoms with Crippen LogP contribution < -0.4 is 0 Å².